The third-order valence-electron chi connectivity index (χ3n) is 5.73. The van der Waals surface area contributed by atoms with Gasteiger partial charge in [0.2, 0.25) is 0 Å². The average molecular weight is 258 g/mol. The van der Waals surface area contributed by atoms with E-state index in [0.29, 0.717) is 16.9 Å². The summed E-state index contributed by atoms with van der Waals surface area (Å²) < 4.78 is 0. The van der Waals surface area contributed by atoms with Gasteiger partial charge in [0.25, 0.3) is 0 Å². The minimum Gasteiger partial charge on any atom is -0.313 e. The maximum Gasteiger partial charge on any atom is 0.0416 e. The van der Waals surface area contributed by atoms with Gasteiger partial charge in [-0.3, -0.25) is 4.98 Å². The Kier molecular flexibility index (Phi) is 3.17. The van der Waals surface area contributed by atoms with Gasteiger partial charge in [0.1, 0.15) is 0 Å². The molecule has 1 aromatic heterocycles. The van der Waals surface area contributed by atoms with Crippen LogP contribution >= 0.6 is 0 Å². The van der Waals surface area contributed by atoms with E-state index in [1.807, 2.05) is 12.3 Å². The normalized spacial score (nSPS) is 35.7. The quantitative estimate of drug-likeness (QED) is 0.895. The van der Waals surface area contributed by atoms with Crippen molar-refractivity contribution in [1.82, 2.24) is 10.3 Å². The lowest BCUT2D eigenvalue weighted by atomic mass is 9.68. The second-order valence-electron chi connectivity index (χ2n) is 7.37. The summed E-state index contributed by atoms with van der Waals surface area (Å²) in [7, 11) is 0. The van der Waals surface area contributed by atoms with Crippen LogP contribution in [0.2, 0.25) is 0 Å². The highest BCUT2D eigenvalue weighted by atomic mass is 15.0. The molecule has 2 fully saturated rings. The minimum absolute atomic E-state index is 0.455. The predicted octanol–water partition coefficient (Wildman–Crippen LogP) is 3.43. The molecular weight excluding hydrogens is 232 g/mol. The van der Waals surface area contributed by atoms with E-state index >= 15 is 0 Å². The fourth-order valence-corrected chi connectivity index (χ4v) is 4.70. The fraction of sp³-hybridized carbons (Fsp3) is 0.706. The molecule has 1 unspecified atom stereocenters. The van der Waals surface area contributed by atoms with Crippen LogP contribution in [-0.4, -0.2) is 17.6 Å². The summed E-state index contributed by atoms with van der Waals surface area (Å²) in [4.78, 5) is 4.40. The summed E-state index contributed by atoms with van der Waals surface area (Å²) in [6.07, 6.45) is 7.18. The van der Waals surface area contributed by atoms with E-state index in [4.69, 9.17) is 0 Å². The molecular formula is C17H26N2. The van der Waals surface area contributed by atoms with Crippen LogP contribution in [0.3, 0.4) is 0 Å². The maximum atomic E-state index is 4.40. The van der Waals surface area contributed by atoms with Crippen LogP contribution in [0, 0.1) is 16.7 Å². The lowest BCUT2D eigenvalue weighted by Gasteiger charge is -2.43. The lowest BCUT2D eigenvalue weighted by Crippen LogP contribution is -2.50. The Labute approximate surface area is 117 Å². The molecule has 0 amide bonds. The van der Waals surface area contributed by atoms with E-state index < -0.39 is 0 Å². The van der Waals surface area contributed by atoms with E-state index in [1.165, 1.54) is 25.0 Å². The highest BCUT2D eigenvalue weighted by molar-refractivity contribution is 5.12. The van der Waals surface area contributed by atoms with Gasteiger partial charge in [0.05, 0.1) is 0 Å². The first-order valence-electron chi connectivity index (χ1n) is 7.66. The van der Waals surface area contributed by atoms with E-state index in [2.05, 4.69) is 43.2 Å². The van der Waals surface area contributed by atoms with Crippen LogP contribution in [0.1, 0.15) is 45.7 Å². The van der Waals surface area contributed by atoms with Gasteiger partial charge in [-0.15, -0.1) is 0 Å². The molecule has 0 spiro atoms. The van der Waals surface area contributed by atoms with Gasteiger partial charge in [0.15, 0.2) is 0 Å². The van der Waals surface area contributed by atoms with Crippen LogP contribution in [0.25, 0.3) is 0 Å². The number of hydrogen-bond donors (Lipinski definition) is 1. The van der Waals surface area contributed by atoms with E-state index in [1.54, 1.807) is 0 Å². The monoisotopic (exact) mass is 258 g/mol. The number of nitrogens with zero attached hydrogens (tertiary/aromatic N) is 1. The second kappa shape index (κ2) is 4.59. The first-order chi connectivity index (χ1) is 9.02. The van der Waals surface area contributed by atoms with Crippen molar-refractivity contribution in [2.75, 3.05) is 6.54 Å². The van der Waals surface area contributed by atoms with E-state index in [0.717, 1.165) is 18.9 Å². The molecule has 0 radical (unpaired) electrons. The SMILES string of the molecule is CC1(C)C(NCCc2ccccn2)[C@]2(C)CC[C@H]1C2. The summed E-state index contributed by atoms with van der Waals surface area (Å²) in [5.41, 5.74) is 2.18. The zero-order valence-electron chi connectivity index (χ0n) is 12.4. The first-order valence-corrected chi connectivity index (χ1v) is 7.66. The molecule has 0 saturated heterocycles. The van der Waals surface area contributed by atoms with Crippen molar-refractivity contribution in [2.24, 2.45) is 16.7 Å². The van der Waals surface area contributed by atoms with Crippen LogP contribution in [-0.2, 0) is 6.42 Å². The summed E-state index contributed by atoms with van der Waals surface area (Å²) in [6, 6.07) is 6.85. The molecule has 1 N–H and O–H groups in total. The van der Waals surface area contributed by atoms with Gasteiger partial charge >= 0.3 is 0 Å². The molecule has 1 heterocycles. The number of hydrogen-bond acceptors (Lipinski definition) is 2. The minimum atomic E-state index is 0.455. The summed E-state index contributed by atoms with van der Waals surface area (Å²) in [5.74, 6) is 0.921. The predicted molar refractivity (Wildman–Crippen MR) is 79.0 cm³/mol. The molecule has 2 bridgehead atoms. The van der Waals surface area contributed by atoms with Crippen molar-refractivity contribution in [1.29, 1.82) is 0 Å². The lowest BCUT2D eigenvalue weighted by molar-refractivity contribution is 0.110. The molecule has 2 heteroatoms. The van der Waals surface area contributed by atoms with Gasteiger partial charge in [-0.05, 0) is 48.1 Å². The first kappa shape index (κ1) is 13.1. The Morgan fingerprint density at radius 3 is 2.79 bits per heavy atom. The van der Waals surface area contributed by atoms with Crippen molar-refractivity contribution in [3.63, 3.8) is 0 Å². The van der Waals surface area contributed by atoms with Crippen molar-refractivity contribution in [2.45, 2.75) is 52.5 Å². The Bertz CT molecular complexity index is 435. The topological polar surface area (TPSA) is 24.9 Å². The molecule has 2 aliphatic rings. The third kappa shape index (κ3) is 2.20. The molecule has 1 aromatic rings. The highest BCUT2D eigenvalue weighted by Gasteiger charge is 2.58. The molecule has 2 saturated carbocycles. The number of fused-ring (bicyclic) bond motifs is 2. The number of rotatable bonds is 4. The zero-order valence-corrected chi connectivity index (χ0v) is 12.4. The Balaban J connectivity index is 1.61. The van der Waals surface area contributed by atoms with Crippen LogP contribution in [0.4, 0.5) is 0 Å². The number of pyridine rings is 1. The summed E-state index contributed by atoms with van der Waals surface area (Å²) in [6.45, 7) is 8.45. The van der Waals surface area contributed by atoms with Gasteiger partial charge in [-0.2, -0.15) is 0 Å². The molecule has 2 nitrogen and oxygen atoms in total. The van der Waals surface area contributed by atoms with E-state index in [-0.39, 0.29) is 0 Å². The van der Waals surface area contributed by atoms with Gasteiger partial charge in [0, 0.05) is 30.9 Å². The number of aromatic nitrogens is 1. The van der Waals surface area contributed by atoms with Gasteiger partial charge in [-0.1, -0.05) is 26.8 Å². The summed E-state index contributed by atoms with van der Waals surface area (Å²) >= 11 is 0. The molecule has 3 atom stereocenters. The smallest absolute Gasteiger partial charge is 0.0416 e. The van der Waals surface area contributed by atoms with Crippen molar-refractivity contribution >= 4 is 0 Å². The van der Waals surface area contributed by atoms with Crippen molar-refractivity contribution < 1.29 is 0 Å². The molecule has 0 aliphatic heterocycles. The standard InChI is InChI=1S/C17H26N2/c1-16(2)13-7-9-17(3,12-13)15(16)19-11-8-14-6-4-5-10-18-14/h4-6,10,13,15,19H,7-9,11-12H2,1-3H3/t13-,15?,17+/m0/s1. The van der Waals surface area contributed by atoms with Crippen molar-refractivity contribution in [3.8, 4) is 0 Å². The molecule has 104 valence electrons. The molecule has 19 heavy (non-hydrogen) atoms. The largest absolute Gasteiger partial charge is 0.313 e. The molecule has 2 aliphatic carbocycles. The third-order valence-corrected chi connectivity index (χ3v) is 5.73. The second-order valence-corrected chi connectivity index (χ2v) is 7.37. The average Bonchev–Trinajstić information content (AvgIpc) is 2.86. The number of nitrogens with one attached hydrogen (secondary N) is 1. The maximum absolute atomic E-state index is 4.40. The molecule has 0 aromatic carbocycles. The fourth-order valence-electron chi connectivity index (χ4n) is 4.70. The Hall–Kier alpha value is -0.890. The van der Waals surface area contributed by atoms with E-state index in [9.17, 15) is 0 Å². The zero-order chi connectivity index (χ0) is 13.5. The Morgan fingerprint density at radius 1 is 1.32 bits per heavy atom. The van der Waals surface area contributed by atoms with Gasteiger partial charge < -0.3 is 5.32 Å². The van der Waals surface area contributed by atoms with Crippen molar-refractivity contribution in [3.05, 3.63) is 30.1 Å². The highest BCUT2D eigenvalue weighted by Crippen LogP contribution is 2.62. The van der Waals surface area contributed by atoms with Crippen LogP contribution < -0.4 is 5.32 Å². The van der Waals surface area contributed by atoms with Crippen LogP contribution in [0.5, 0.6) is 0 Å². The summed E-state index contributed by atoms with van der Waals surface area (Å²) in [5, 5.41) is 3.85. The van der Waals surface area contributed by atoms with Gasteiger partial charge in [-0.25, -0.2) is 0 Å². The Morgan fingerprint density at radius 2 is 2.16 bits per heavy atom. The molecule has 3 rings (SSSR count). The van der Waals surface area contributed by atoms with Crippen LogP contribution in [0.15, 0.2) is 24.4 Å².